The molecular formula is C29H26N4O2S. The van der Waals surface area contributed by atoms with E-state index < -0.39 is 0 Å². The summed E-state index contributed by atoms with van der Waals surface area (Å²) in [7, 11) is 1.63. The van der Waals surface area contributed by atoms with Crippen LogP contribution in [0.2, 0.25) is 0 Å². The van der Waals surface area contributed by atoms with Crippen molar-refractivity contribution >= 4 is 32.6 Å². The van der Waals surface area contributed by atoms with E-state index in [4.69, 9.17) is 4.74 Å². The summed E-state index contributed by atoms with van der Waals surface area (Å²) in [5.74, 6) is 0.483. The van der Waals surface area contributed by atoms with Crippen molar-refractivity contribution in [3.63, 3.8) is 0 Å². The second kappa shape index (κ2) is 10.7. The summed E-state index contributed by atoms with van der Waals surface area (Å²) < 4.78 is 6.50. The highest BCUT2D eigenvalue weighted by molar-refractivity contribution is 7.23. The van der Waals surface area contributed by atoms with Crippen molar-refractivity contribution in [3.8, 4) is 16.9 Å². The lowest BCUT2D eigenvalue weighted by Gasteiger charge is -2.14. The van der Waals surface area contributed by atoms with Crippen molar-refractivity contribution < 1.29 is 9.53 Å². The minimum absolute atomic E-state index is 0.179. The van der Waals surface area contributed by atoms with E-state index in [0.29, 0.717) is 23.0 Å². The number of ether oxygens (including phenoxy) is 1. The van der Waals surface area contributed by atoms with E-state index in [1.54, 1.807) is 13.3 Å². The van der Waals surface area contributed by atoms with Crippen LogP contribution in [0.1, 0.15) is 34.5 Å². The van der Waals surface area contributed by atoms with E-state index >= 15 is 0 Å². The molecule has 0 spiro atoms. The summed E-state index contributed by atoms with van der Waals surface area (Å²) in [4.78, 5) is 21.8. The quantitative estimate of drug-likeness (QED) is 0.259. The number of aromatic nitrogens is 2. The van der Waals surface area contributed by atoms with E-state index in [9.17, 15) is 4.79 Å². The number of carbonyl (C=O) groups is 1. The molecule has 1 amide bonds. The van der Waals surface area contributed by atoms with Gasteiger partial charge < -0.3 is 10.1 Å². The van der Waals surface area contributed by atoms with Crippen molar-refractivity contribution in [2.24, 2.45) is 0 Å². The Morgan fingerprint density at radius 1 is 1.00 bits per heavy atom. The molecule has 2 N–H and O–H groups in total. The first-order chi connectivity index (χ1) is 17.6. The third-order valence-electron chi connectivity index (χ3n) is 6.04. The van der Waals surface area contributed by atoms with E-state index in [-0.39, 0.29) is 11.9 Å². The number of pyridine rings is 1. The minimum Gasteiger partial charge on any atom is -0.494 e. The number of methoxy groups -OCH3 is 1. The highest BCUT2D eigenvalue weighted by Gasteiger charge is 2.16. The molecule has 6 nitrogen and oxygen atoms in total. The summed E-state index contributed by atoms with van der Waals surface area (Å²) in [5.41, 5.74) is 5.70. The number of carbonyl (C=O) groups excluding carboxylic acids is 1. The lowest BCUT2D eigenvalue weighted by molar-refractivity contribution is 0.102. The Kier molecular flexibility index (Phi) is 7.02. The molecule has 0 bridgehead atoms. The molecule has 0 saturated carbocycles. The van der Waals surface area contributed by atoms with Gasteiger partial charge in [0.1, 0.15) is 11.3 Å². The first-order valence-corrected chi connectivity index (χ1v) is 12.5. The van der Waals surface area contributed by atoms with Gasteiger partial charge in [-0.15, -0.1) is 0 Å². The van der Waals surface area contributed by atoms with Gasteiger partial charge in [-0.25, -0.2) is 4.98 Å². The van der Waals surface area contributed by atoms with Crippen molar-refractivity contribution in [2.75, 3.05) is 12.4 Å². The predicted octanol–water partition coefficient (Wildman–Crippen LogP) is 6.47. The molecule has 7 heteroatoms. The molecule has 0 saturated heterocycles. The predicted molar refractivity (Wildman–Crippen MR) is 145 cm³/mol. The number of thiazole rings is 1. The largest absolute Gasteiger partial charge is 0.494 e. The highest BCUT2D eigenvalue weighted by atomic mass is 32.1. The zero-order chi connectivity index (χ0) is 24.9. The molecule has 0 fully saturated rings. The third kappa shape index (κ3) is 5.12. The van der Waals surface area contributed by atoms with Gasteiger partial charge in [-0.2, -0.15) is 0 Å². The van der Waals surface area contributed by atoms with E-state index in [1.807, 2.05) is 66.9 Å². The number of anilines is 1. The van der Waals surface area contributed by atoms with Crippen molar-refractivity contribution in [3.05, 3.63) is 108 Å². The summed E-state index contributed by atoms with van der Waals surface area (Å²) >= 11 is 1.45. The van der Waals surface area contributed by atoms with Crippen LogP contribution in [0.3, 0.4) is 0 Å². The Bertz CT molecular complexity index is 1470. The average Bonchev–Trinajstić information content (AvgIpc) is 3.36. The lowest BCUT2D eigenvalue weighted by Crippen LogP contribution is -2.18. The van der Waals surface area contributed by atoms with Gasteiger partial charge in [0.15, 0.2) is 5.13 Å². The molecule has 180 valence electrons. The Balaban J connectivity index is 1.30. The van der Waals surface area contributed by atoms with Gasteiger partial charge in [0.2, 0.25) is 0 Å². The van der Waals surface area contributed by atoms with Crippen LogP contribution in [0.4, 0.5) is 5.13 Å². The van der Waals surface area contributed by atoms with Gasteiger partial charge >= 0.3 is 0 Å². The fourth-order valence-electron chi connectivity index (χ4n) is 4.01. The van der Waals surface area contributed by atoms with Crippen LogP contribution in [0.25, 0.3) is 21.3 Å². The van der Waals surface area contributed by atoms with E-state index in [1.165, 1.54) is 11.3 Å². The van der Waals surface area contributed by atoms with Crippen LogP contribution < -0.4 is 15.4 Å². The maximum atomic E-state index is 13.0. The van der Waals surface area contributed by atoms with Crippen molar-refractivity contribution in [1.29, 1.82) is 0 Å². The molecule has 2 aromatic heterocycles. The maximum Gasteiger partial charge on any atom is 0.257 e. The van der Waals surface area contributed by atoms with Crippen LogP contribution in [0.15, 0.2) is 91.3 Å². The van der Waals surface area contributed by atoms with Crippen molar-refractivity contribution in [1.82, 2.24) is 15.3 Å². The summed E-state index contributed by atoms with van der Waals surface area (Å²) in [6.45, 7) is 2.80. The normalized spacial score (nSPS) is 11.8. The van der Waals surface area contributed by atoms with Crippen LogP contribution in [0.5, 0.6) is 5.75 Å². The lowest BCUT2D eigenvalue weighted by atomic mass is 10.1. The number of nitrogens with zero attached hydrogens (tertiary/aromatic N) is 2. The van der Waals surface area contributed by atoms with E-state index in [2.05, 4.69) is 45.7 Å². The Labute approximate surface area is 214 Å². The molecule has 0 aliphatic carbocycles. The van der Waals surface area contributed by atoms with Gasteiger partial charge in [-0.1, -0.05) is 59.9 Å². The molecule has 2 heterocycles. The molecule has 1 atom stereocenters. The molecular weight excluding hydrogens is 468 g/mol. The first-order valence-electron chi connectivity index (χ1n) is 11.7. The number of fused-ring (bicyclic) bond motifs is 1. The first kappa shape index (κ1) is 23.7. The van der Waals surface area contributed by atoms with Crippen molar-refractivity contribution in [2.45, 2.75) is 19.5 Å². The molecule has 1 unspecified atom stereocenters. The number of rotatable bonds is 8. The Hall–Kier alpha value is -4.07. The summed E-state index contributed by atoms with van der Waals surface area (Å²) in [5, 5.41) is 6.98. The molecule has 36 heavy (non-hydrogen) atoms. The van der Waals surface area contributed by atoms with Crippen LogP contribution >= 0.6 is 11.3 Å². The number of hydrogen-bond acceptors (Lipinski definition) is 6. The fourth-order valence-corrected chi connectivity index (χ4v) is 5.02. The summed E-state index contributed by atoms with van der Waals surface area (Å²) in [6.07, 6.45) is 3.64. The minimum atomic E-state index is -0.197. The maximum absolute atomic E-state index is 13.0. The smallest absolute Gasteiger partial charge is 0.257 e. The SMILES string of the molecule is COc1ccc(-c2ccccc2)c2sc(NC(=O)c3ccc(CNC(C)c4cccnc4)cc3)nc12. The second-order valence-corrected chi connectivity index (χ2v) is 9.42. The van der Waals surface area contributed by atoms with Gasteiger partial charge in [0, 0.05) is 36.1 Å². The summed E-state index contributed by atoms with van der Waals surface area (Å²) in [6, 6.07) is 25.9. The van der Waals surface area contributed by atoms with E-state index in [0.717, 1.165) is 32.5 Å². The standard InChI is InChI=1S/C29H26N4O2S/c1-19(23-9-6-16-30-18-23)31-17-20-10-12-22(13-11-20)28(34)33-29-32-26-25(35-2)15-14-24(27(26)36-29)21-7-4-3-5-8-21/h3-16,18-19,31H,17H2,1-2H3,(H,32,33,34). The number of benzene rings is 3. The zero-order valence-electron chi connectivity index (χ0n) is 20.1. The van der Waals surface area contributed by atoms with Crippen LogP contribution in [-0.4, -0.2) is 23.0 Å². The molecule has 0 aliphatic rings. The number of hydrogen-bond donors (Lipinski definition) is 2. The molecule has 3 aromatic carbocycles. The second-order valence-electron chi connectivity index (χ2n) is 8.42. The highest BCUT2D eigenvalue weighted by Crippen LogP contribution is 2.39. The van der Waals surface area contributed by atoms with Gasteiger partial charge in [-0.05, 0) is 53.9 Å². The monoisotopic (exact) mass is 494 g/mol. The number of nitrogens with one attached hydrogen (secondary N) is 2. The van der Waals surface area contributed by atoms with Gasteiger partial charge in [0.05, 0.1) is 11.8 Å². The fraction of sp³-hybridized carbons (Fsp3) is 0.138. The number of amides is 1. The third-order valence-corrected chi connectivity index (χ3v) is 7.05. The Morgan fingerprint density at radius 3 is 2.53 bits per heavy atom. The molecule has 0 aliphatic heterocycles. The van der Waals surface area contributed by atoms with Gasteiger partial charge in [-0.3, -0.25) is 15.1 Å². The molecule has 0 radical (unpaired) electrons. The van der Waals surface area contributed by atoms with Gasteiger partial charge in [0.25, 0.3) is 5.91 Å². The Morgan fingerprint density at radius 2 is 1.81 bits per heavy atom. The topological polar surface area (TPSA) is 76.1 Å². The average molecular weight is 495 g/mol. The zero-order valence-corrected chi connectivity index (χ0v) is 20.9. The van der Waals surface area contributed by atoms with Crippen LogP contribution in [0, 0.1) is 0 Å². The molecule has 5 rings (SSSR count). The molecule has 5 aromatic rings. The van der Waals surface area contributed by atoms with Crippen LogP contribution in [-0.2, 0) is 6.54 Å².